The molecule has 9 rings (SSSR count). The summed E-state index contributed by atoms with van der Waals surface area (Å²) in [5.74, 6) is 0.984. The van der Waals surface area contributed by atoms with Gasteiger partial charge in [-0.1, -0.05) is 187 Å². The zero-order chi connectivity index (χ0) is 47.8. The number of aromatic nitrogens is 3. The Labute approximate surface area is 400 Å². The van der Waals surface area contributed by atoms with E-state index in [1.54, 1.807) is 0 Å². The molecule has 1 N–H and O–H groups in total. The molecule has 4 heteroatoms. The number of imidazole rings is 1. The first kappa shape index (κ1) is 45.9. The van der Waals surface area contributed by atoms with E-state index >= 15 is 0 Å². The fourth-order valence-corrected chi connectivity index (χ4v) is 10.3. The van der Waals surface area contributed by atoms with Gasteiger partial charge in [-0.3, -0.25) is 9.55 Å². The third-order valence-corrected chi connectivity index (χ3v) is 14.5. The van der Waals surface area contributed by atoms with Gasteiger partial charge in [0.1, 0.15) is 11.6 Å². The highest BCUT2D eigenvalue weighted by Crippen LogP contribution is 2.48. The Morgan fingerprint density at radius 2 is 1.15 bits per heavy atom. The topological polar surface area (TPSA) is 50.9 Å². The Hall–Kier alpha value is -6.26. The molecular weight excluding hydrogens is 815 g/mol. The Morgan fingerprint density at radius 1 is 0.507 bits per heavy atom. The van der Waals surface area contributed by atoms with E-state index < -0.39 is 0 Å². The molecule has 1 aliphatic carbocycles. The fourth-order valence-electron chi connectivity index (χ4n) is 10.3. The lowest BCUT2D eigenvalue weighted by atomic mass is 9.74. The zero-order valence-electron chi connectivity index (χ0n) is 42.2. The predicted octanol–water partition coefficient (Wildman–Crippen LogP) is 17.1. The minimum atomic E-state index is -0.323. The van der Waals surface area contributed by atoms with E-state index in [-0.39, 0.29) is 32.8 Å². The van der Waals surface area contributed by atoms with Gasteiger partial charge in [-0.25, -0.2) is 4.98 Å². The number of phenolic OH excluding ortho intramolecular Hbond substituents is 1. The van der Waals surface area contributed by atoms with E-state index in [2.05, 4.69) is 222 Å². The normalized spacial score (nSPS) is 15.1. The summed E-state index contributed by atoms with van der Waals surface area (Å²) in [5.41, 5.74) is 18.0. The Bertz CT molecular complexity index is 3160. The van der Waals surface area contributed by atoms with E-state index in [0.29, 0.717) is 5.82 Å². The molecule has 1 aliphatic rings. The molecule has 2 aromatic heterocycles. The van der Waals surface area contributed by atoms with Crippen molar-refractivity contribution in [1.29, 1.82) is 0 Å². The van der Waals surface area contributed by atoms with Gasteiger partial charge < -0.3 is 5.11 Å². The number of para-hydroxylation sites is 1. The number of phenols is 1. The van der Waals surface area contributed by atoms with Crippen molar-refractivity contribution in [2.24, 2.45) is 0 Å². The van der Waals surface area contributed by atoms with Gasteiger partial charge in [-0.05, 0) is 127 Å². The summed E-state index contributed by atoms with van der Waals surface area (Å²) in [6, 6.07) is 48.6. The number of aromatic hydroxyl groups is 1. The third-order valence-electron chi connectivity index (χ3n) is 14.5. The summed E-state index contributed by atoms with van der Waals surface area (Å²) in [7, 11) is 0. The van der Waals surface area contributed by atoms with Crippen molar-refractivity contribution >= 4 is 11.0 Å². The lowest BCUT2D eigenvalue weighted by Gasteiger charge is -2.31. The molecule has 0 fully saturated rings. The fraction of sp³-hybridized carbons (Fsp3) is 0.333. The molecule has 8 aromatic rings. The number of benzene rings is 6. The van der Waals surface area contributed by atoms with Crippen LogP contribution in [-0.2, 0) is 27.1 Å². The van der Waals surface area contributed by atoms with E-state index in [1.165, 1.54) is 35.1 Å². The lowest BCUT2D eigenvalue weighted by Crippen LogP contribution is -2.22. The summed E-state index contributed by atoms with van der Waals surface area (Å²) in [6.45, 7) is 29.9. The maximum Gasteiger partial charge on any atom is 0.149 e. The maximum atomic E-state index is 12.7. The molecule has 0 aliphatic heterocycles. The van der Waals surface area contributed by atoms with Crippen molar-refractivity contribution in [3.05, 3.63) is 167 Å². The van der Waals surface area contributed by atoms with Gasteiger partial charge in [-0.2, -0.15) is 0 Å². The molecule has 0 unspecified atom stereocenters. The molecule has 0 radical (unpaired) electrons. The minimum Gasteiger partial charge on any atom is -0.507 e. The minimum absolute atomic E-state index is 0.0259. The van der Waals surface area contributed by atoms with Crippen molar-refractivity contribution in [3.8, 4) is 67.5 Å². The van der Waals surface area contributed by atoms with Crippen LogP contribution in [0.4, 0.5) is 0 Å². The molecule has 0 spiro atoms. The van der Waals surface area contributed by atoms with Crippen molar-refractivity contribution in [2.45, 2.75) is 136 Å². The van der Waals surface area contributed by atoms with Crippen molar-refractivity contribution < 1.29 is 5.11 Å². The monoisotopic (exact) mass is 884 g/mol. The largest absolute Gasteiger partial charge is 0.507 e. The van der Waals surface area contributed by atoms with Crippen LogP contribution in [0.15, 0.2) is 140 Å². The Morgan fingerprint density at radius 3 is 1.85 bits per heavy atom. The summed E-state index contributed by atoms with van der Waals surface area (Å²) >= 11 is 0. The standard InChI is InChI=1S/C63H69N3O/c1-59(2,3)45-27-29-54(48(37-45)43-26-28-50-51(35-43)63(12,13)32-19-31-62(50,10)11)66-55-25-18-24-47(42-22-17-23-44(34-42)53-36-41(30-33-64-53)40-20-15-14-16-21-40)56(55)65-58(66)49-38-46(60(4,5)6)39-52(57(49)67)61(7,8)9/h14-18,20-30,33-39,67H,19,31-32H2,1-13H3. The summed E-state index contributed by atoms with van der Waals surface area (Å²) < 4.78 is 2.34. The highest BCUT2D eigenvalue weighted by Gasteiger charge is 2.35. The van der Waals surface area contributed by atoms with Gasteiger partial charge in [0, 0.05) is 28.5 Å². The molecule has 2 heterocycles. The highest BCUT2D eigenvalue weighted by atomic mass is 16.3. The summed E-state index contributed by atoms with van der Waals surface area (Å²) in [4.78, 5) is 10.6. The number of hydrogen-bond donors (Lipinski definition) is 1. The number of rotatable bonds is 6. The van der Waals surface area contributed by atoms with Crippen molar-refractivity contribution in [1.82, 2.24) is 14.5 Å². The van der Waals surface area contributed by atoms with E-state index in [1.807, 2.05) is 12.3 Å². The molecule has 6 aromatic carbocycles. The first-order valence-electron chi connectivity index (χ1n) is 24.3. The van der Waals surface area contributed by atoms with Gasteiger partial charge >= 0.3 is 0 Å². The zero-order valence-corrected chi connectivity index (χ0v) is 42.2. The quantitative estimate of drug-likeness (QED) is 0.169. The number of fused-ring (bicyclic) bond motifs is 2. The average molecular weight is 884 g/mol. The molecule has 342 valence electrons. The van der Waals surface area contributed by atoms with Gasteiger partial charge in [-0.15, -0.1) is 0 Å². The van der Waals surface area contributed by atoms with Crippen LogP contribution in [0.5, 0.6) is 5.75 Å². The first-order chi connectivity index (χ1) is 31.5. The Kier molecular flexibility index (Phi) is 11.3. The van der Waals surface area contributed by atoms with Crippen molar-refractivity contribution in [2.75, 3.05) is 0 Å². The molecule has 0 bridgehead atoms. The Balaban J connectivity index is 1.34. The number of hydrogen-bond acceptors (Lipinski definition) is 3. The molecule has 4 nitrogen and oxygen atoms in total. The van der Waals surface area contributed by atoms with Gasteiger partial charge in [0.2, 0.25) is 0 Å². The second kappa shape index (κ2) is 16.5. The van der Waals surface area contributed by atoms with Gasteiger partial charge in [0.15, 0.2) is 0 Å². The molecule has 67 heavy (non-hydrogen) atoms. The number of nitrogens with zero attached hydrogens (tertiary/aromatic N) is 3. The van der Waals surface area contributed by atoms with Crippen LogP contribution in [-0.4, -0.2) is 19.6 Å². The predicted molar refractivity (Wildman–Crippen MR) is 284 cm³/mol. The molecule has 0 atom stereocenters. The number of pyridine rings is 1. The van der Waals surface area contributed by atoms with Crippen LogP contribution >= 0.6 is 0 Å². The van der Waals surface area contributed by atoms with E-state index in [0.717, 1.165) is 78.9 Å². The molecule has 0 amide bonds. The van der Waals surface area contributed by atoms with Gasteiger partial charge in [0.05, 0.1) is 28.0 Å². The van der Waals surface area contributed by atoms with Crippen LogP contribution in [0, 0.1) is 0 Å². The smallest absolute Gasteiger partial charge is 0.149 e. The summed E-state index contributed by atoms with van der Waals surface area (Å²) in [6.07, 6.45) is 5.43. The van der Waals surface area contributed by atoms with Crippen LogP contribution in [0.1, 0.15) is 137 Å². The lowest BCUT2D eigenvalue weighted by molar-refractivity contribution is 0.433. The first-order valence-corrected chi connectivity index (χ1v) is 24.3. The van der Waals surface area contributed by atoms with Crippen molar-refractivity contribution in [3.63, 3.8) is 0 Å². The SMILES string of the molecule is CC(C)(C)c1ccc(-n2c(-c3cc(C(C)(C)C)cc(C(C)(C)C)c3O)nc3c(-c4cccc(-c5cc(-c6ccccc6)ccn5)c4)cccc32)c(-c2ccc3c(c2)C(C)(C)CCCC3(C)C)c1. The second-order valence-electron chi connectivity index (χ2n) is 23.6. The van der Waals surface area contributed by atoms with E-state index in [9.17, 15) is 5.11 Å². The molecule has 0 saturated carbocycles. The summed E-state index contributed by atoms with van der Waals surface area (Å²) in [5, 5.41) is 12.7. The molecule has 0 saturated heterocycles. The van der Waals surface area contributed by atoms with Crippen LogP contribution in [0.2, 0.25) is 0 Å². The van der Waals surface area contributed by atoms with E-state index in [4.69, 9.17) is 9.97 Å². The van der Waals surface area contributed by atoms with Gasteiger partial charge in [0.25, 0.3) is 0 Å². The second-order valence-corrected chi connectivity index (χ2v) is 23.6. The third kappa shape index (κ3) is 8.65. The van der Waals surface area contributed by atoms with Crippen LogP contribution < -0.4 is 0 Å². The highest BCUT2D eigenvalue weighted by molar-refractivity contribution is 5.98. The van der Waals surface area contributed by atoms with Crippen LogP contribution in [0.25, 0.3) is 72.7 Å². The molecular formula is C63H69N3O. The maximum absolute atomic E-state index is 12.7. The van der Waals surface area contributed by atoms with Crippen LogP contribution in [0.3, 0.4) is 0 Å². The average Bonchev–Trinajstić information content (AvgIpc) is 3.63.